The number of hydrogen-bond donors (Lipinski definition) is 3. The van der Waals surface area contributed by atoms with Gasteiger partial charge in [-0.05, 0) is 6.92 Å². The van der Waals surface area contributed by atoms with Crippen molar-refractivity contribution >= 4 is 0 Å². The average Bonchev–Trinajstić information content (AvgIpc) is 2.43. The lowest BCUT2D eigenvalue weighted by atomic mass is 10.2. The molecule has 1 aliphatic rings. The van der Waals surface area contributed by atoms with Crippen LogP contribution in [0.4, 0.5) is 0 Å². The fourth-order valence-electron chi connectivity index (χ4n) is 1.20. The van der Waals surface area contributed by atoms with Crippen molar-refractivity contribution in [2.45, 2.75) is 24.9 Å². The van der Waals surface area contributed by atoms with E-state index in [0.29, 0.717) is 0 Å². The largest absolute Gasteiger partial charge is 0.394 e. The van der Waals surface area contributed by atoms with Crippen molar-refractivity contribution in [1.29, 1.82) is 0 Å². The lowest BCUT2D eigenvalue weighted by Gasteiger charge is -2.19. The van der Waals surface area contributed by atoms with Crippen LogP contribution in [0, 0.1) is 0 Å². The van der Waals surface area contributed by atoms with Crippen molar-refractivity contribution in [3.8, 4) is 0 Å². The Morgan fingerprint density at radius 1 is 1.08 bits per heavy atom. The van der Waals surface area contributed by atoms with Crippen molar-refractivity contribution in [2.75, 3.05) is 19.8 Å². The Bertz CT molecular complexity index is 137. The molecule has 3 atom stereocenters. The van der Waals surface area contributed by atoms with Gasteiger partial charge in [0, 0.05) is 0 Å². The Hall–Kier alpha value is -0.200. The van der Waals surface area contributed by atoms with E-state index in [0.717, 1.165) is 0 Å². The lowest BCUT2D eigenvalue weighted by Crippen LogP contribution is -2.31. The highest BCUT2D eigenvalue weighted by atomic mass is 16.8. The molecule has 0 spiro atoms. The molecular weight excluding hydrogens is 164 g/mol. The highest BCUT2D eigenvalue weighted by Crippen LogP contribution is 2.27. The third-order valence-corrected chi connectivity index (χ3v) is 1.86. The second kappa shape index (κ2) is 3.68. The Kier molecular flexibility index (Phi) is 3.03. The van der Waals surface area contributed by atoms with Gasteiger partial charge in [0.15, 0.2) is 5.79 Å². The van der Waals surface area contributed by atoms with Crippen molar-refractivity contribution in [2.24, 2.45) is 0 Å². The zero-order valence-corrected chi connectivity index (χ0v) is 6.93. The van der Waals surface area contributed by atoms with Crippen LogP contribution in [0.15, 0.2) is 0 Å². The van der Waals surface area contributed by atoms with E-state index in [-0.39, 0.29) is 19.8 Å². The van der Waals surface area contributed by atoms with E-state index in [9.17, 15) is 0 Å². The zero-order valence-electron chi connectivity index (χ0n) is 6.93. The van der Waals surface area contributed by atoms with Crippen molar-refractivity contribution in [3.05, 3.63) is 0 Å². The summed E-state index contributed by atoms with van der Waals surface area (Å²) < 4.78 is 10.3. The summed E-state index contributed by atoms with van der Waals surface area (Å²) in [7, 11) is 0. The second-order valence-corrected chi connectivity index (χ2v) is 2.97. The van der Waals surface area contributed by atoms with Crippen molar-refractivity contribution in [1.82, 2.24) is 0 Å². The Morgan fingerprint density at radius 3 is 1.75 bits per heavy atom. The van der Waals surface area contributed by atoms with Crippen molar-refractivity contribution < 1.29 is 24.8 Å². The molecule has 0 aromatic heterocycles. The SMILES string of the molecule is CC1(CO)O[C@@H](CO)[C@@H](CO)O1. The topological polar surface area (TPSA) is 79.2 Å². The first kappa shape index (κ1) is 9.88. The molecule has 0 saturated carbocycles. The molecule has 0 radical (unpaired) electrons. The van der Waals surface area contributed by atoms with Gasteiger partial charge in [0.2, 0.25) is 0 Å². The third kappa shape index (κ3) is 1.75. The van der Waals surface area contributed by atoms with Crippen LogP contribution in [0.25, 0.3) is 0 Å². The zero-order chi connectivity index (χ0) is 9.19. The van der Waals surface area contributed by atoms with E-state index >= 15 is 0 Å². The van der Waals surface area contributed by atoms with E-state index in [4.69, 9.17) is 24.8 Å². The summed E-state index contributed by atoms with van der Waals surface area (Å²) in [5.74, 6) is -1.08. The monoisotopic (exact) mass is 178 g/mol. The van der Waals surface area contributed by atoms with Crippen LogP contribution in [0.5, 0.6) is 0 Å². The first-order chi connectivity index (χ1) is 5.65. The van der Waals surface area contributed by atoms with Gasteiger partial charge in [-0.3, -0.25) is 0 Å². The third-order valence-electron chi connectivity index (χ3n) is 1.86. The summed E-state index contributed by atoms with van der Waals surface area (Å²) in [6.45, 7) is 0.826. The van der Waals surface area contributed by atoms with Crippen LogP contribution in [0.3, 0.4) is 0 Å². The molecule has 0 aromatic rings. The van der Waals surface area contributed by atoms with E-state index in [1.165, 1.54) is 0 Å². The fourth-order valence-corrected chi connectivity index (χ4v) is 1.20. The van der Waals surface area contributed by atoms with Crippen LogP contribution in [-0.4, -0.2) is 53.1 Å². The number of rotatable bonds is 3. The molecule has 1 unspecified atom stereocenters. The van der Waals surface area contributed by atoms with E-state index in [2.05, 4.69) is 0 Å². The Balaban J connectivity index is 2.58. The maximum absolute atomic E-state index is 8.84. The second-order valence-electron chi connectivity index (χ2n) is 2.97. The number of ether oxygens (including phenoxy) is 2. The van der Waals surface area contributed by atoms with Gasteiger partial charge >= 0.3 is 0 Å². The molecule has 0 aliphatic carbocycles. The van der Waals surface area contributed by atoms with Gasteiger partial charge in [0.25, 0.3) is 0 Å². The minimum Gasteiger partial charge on any atom is -0.394 e. The smallest absolute Gasteiger partial charge is 0.189 e. The van der Waals surface area contributed by atoms with Crippen LogP contribution in [-0.2, 0) is 9.47 Å². The molecule has 1 fully saturated rings. The Labute approximate surface area is 70.5 Å². The van der Waals surface area contributed by atoms with Crippen LogP contribution >= 0.6 is 0 Å². The molecule has 72 valence electrons. The fraction of sp³-hybridized carbons (Fsp3) is 1.00. The van der Waals surface area contributed by atoms with Gasteiger partial charge in [-0.25, -0.2) is 0 Å². The highest BCUT2D eigenvalue weighted by Gasteiger charge is 2.43. The van der Waals surface area contributed by atoms with Crippen LogP contribution in [0.2, 0.25) is 0 Å². The Morgan fingerprint density at radius 2 is 1.50 bits per heavy atom. The van der Waals surface area contributed by atoms with Gasteiger partial charge in [0.05, 0.1) is 19.8 Å². The minimum atomic E-state index is -1.08. The molecule has 12 heavy (non-hydrogen) atoms. The minimum absolute atomic E-state index is 0.221. The van der Waals surface area contributed by atoms with Gasteiger partial charge in [-0.2, -0.15) is 0 Å². The predicted molar refractivity (Wildman–Crippen MR) is 39.4 cm³/mol. The number of aliphatic hydroxyl groups excluding tert-OH is 3. The first-order valence-corrected chi connectivity index (χ1v) is 3.83. The molecule has 1 heterocycles. The molecular formula is C7H14O5. The molecule has 0 bridgehead atoms. The molecule has 3 N–H and O–H groups in total. The quantitative estimate of drug-likeness (QED) is 0.488. The van der Waals surface area contributed by atoms with Gasteiger partial charge in [-0.1, -0.05) is 0 Å². The van der Waals surface area contributed by atoms with Crippen LogP contribution < -0.4 is 0 Å². The number of hydrogen-bond acceptors (Lipinski definition) is 5. The van der Waals surface area contributed by atoms with Gasteiger partial charge in [-0.15, -0.1) is 0 Å². The van der Waals surface area contributed by atoms with E-state index < -0.39 is 18.0 Å². The lowest BCUT2D eigenvalue weighted by molar-refractivity contribution is -0.189. The predicted octanol–water partition coefficient (Wildman–Crippen LogP) is -1.54. The van der Waals surface area contributed by atoms with Gasteiger partial charge in [0.1, 0.15) is 12.2 Å². The van der Waals surface area contributed by atoms with Crippen LogP contribution in [0.1, 0.15) is 6.92 Å². The van der Waals surface area contributed by atoms with Gasteiger partial charge < -0.3 is 24.8 Å². The average molecular weight is 178 g/mol. The highest BCUT2D eigenvalue weighted by molar-refractivity contribution is 4.82. The van der Waals surface area contributed by atoms with Crippen molar-refractivity contribution in [3.63, 3.8) is 0 Å². The molecule has 0 aromatic carbocycles. The maximum Gasteiger partial charge on any atom is 0.189 e. The van der Waals surface area contributed by atoms with E-state index in [1.54, 1.807) is 6.92 Å². The molecule has 1 saturated heterocycles. The van der Waals surface area contributed by atoms with E-state index in [1.807, 2.05) is 0 Å². The summed E-state index contributed by atoms with van der Waals surface area (Å²) >= 11 is 0. The summed E-state index contributed by atoms with van der Waals surface area (Å²) in [6, 6.07) is 0. The standard InChI is InChI=1S/C7H14O5/c1-7(4-10)11-5(2-8)6(3-9)12-7/h5-6,8-10H,2-4H2,1H3/t5-,6+,7?. The summed E-state index contributed by atoms with van der Waals surface area (Å²) in [5, 5.41) is 26.4. The normalized spacial score (nSPS) is 42.0. The molecule has 5 heteroatoms. The maximum atomic E-state index is 8.84. The summed E-state index contributed by atoms with van der Waals surface area (Å²) in [5.41, 5.74) is 0. The first-order valence-electron chi connectivity index (χ1n) is 3.83. The molecule has 1 aliphatic heterocycles. The molecule has 0 amide bonds. The molecule has 1 rings (SSSR count). The number of aliphatic hydroxyl groups is 3. The molecule has 5 nitrogen and oxygen atoms in total. The summed E-state index contributed by atoms with van der Waals surface area (Å²) in [4.78, 5) is 0. The summed E-state index contributed by atoms with van der Waals surface area (Å²) in [6.07, 6.45) is -1.10.